The van der Waals surface area contributed by atoms with E-state index in [1.165, 1.54) is 5.56 Å². The van der Waals surface area contributed by atoms with Gasteiger partial charge in [-0.2, -0.15) is 0 Å². The second-order valence-corrected chi connectivity index (χ2v) is 5.00. The molecule has 0 saturated heterocycles. The van der Waals surface area contributed by atoms with Crippen LogP contribution in [-0.2, 0) is 0 Å². The number of anilines is 2. The second kappa shape index (κ2) is 6.42. The maximum Gasteiger partial charge on any atom is 0.134 e. The Kier molecular flexibility index (Phi) is 5.19. The summed E-state index contributed by atoms with van der Waals surface area (Å²) in [6, 6.07) is 0. The molecule has 0 atom stereocenters. The number of aromatic nitrogens is 2. The van der Waals surface area contributed by atoms with Gasteiger partial charge in [0.1, 0.15) is 18.0 Å². The molecule has 1 heterocycles. The Morgan fingerprint density at radius 3 is 2.29 bits per heavy atom. The standard InChI is InChI=1S/C13H24N4/c1-9(2)6-7-15-13-11(10(3)4)12(14-5)16-8-17-13/h8-10H,6-7H2,1-5H3,(H2,14,15,16,17). The van der Waals surface area contributed by atoms with E-state index in [1.54, 1.807) is 6.33 Å². The summed E-state index contributed by atoms with van der Waals surface area (Å²) in [6.45, 7) is 9.73. The zero-order chi connectivity index (χ0) is 12.8. The lowest BCUT2D eigenvalue weighted by Gasteiger charge is -2.17. The van der Waals surface area contributed by atoms with Crippen molar-refractivity contribution in [2.45, 2.75) is 40.0 Å². The third-order valence-electron chi connectivity index (χ3n) is 2.71. The van der Waals surface area contributed by atoms with Gasteiger partial charge in [-0.1, -0.05) is 27.7 Å². The molecular formula is C13H24N4. The van der Waals surface area contributed by atoms with Crippen molar-refractivity contribution >= 4 is 11.6 Å². The topological polar surface area (TPSA) is 49.8 Å². The van der Waals surface area contributed by atoms with Crippen molar-refractivity contribution in [3.05, 3.63) is 11.9 Å². The van der Waals surface area contributed by atoms with Crippen LogP contribution in [0.2, 0.25) is 0 Å². The summed E-state index contributed by atoms with van der Waals surface area (Å²) >= 11 is 0. The molecule has 1 aromatic rings. The van der Waals surface area contributed by atoms with Crippen molar-refractivity contribution in [2.75, 3.05) is 24.2 Å². The van der Waals surface area contributed by atoms with Crippen LogP contribution in [0.5, 0.6) is 0 Å². The minimum atomic E-state index is 0.403. The molecule has 0 aliphatic heterocycles. The molecule has 96 valence electrons. The molecule has 0 amide bonds. The fourth-order valence-electron chi connectivity index (χ4n) is 1.76. The van der Waals surface area contributed by atoms with Gasteiger partial charge >= 0.3 is 0 Å². The second-order valence-electron chi connectivity index (χ2n) is 5.00. The van der Waals surface area contributed by atoms with E-state index >= 15 is 0 Å². The summed E-state index contributed by atoms with van der Waals surface area (Å²) < 4.78 is 0. The average Bonchev–Trinajstić information content (AvgIpc) is 2.27. The SMILES string of the molecule is CNc1ncnc(NCCC(C)C)c1C(C)C. The van der Waals surface area contributed by atoms with Gasteiger partial charge in [0.25, 0.3) is 0 Å². The van der Waals surface area contributed by atoms with E-state index in [0.717, 1.165) is 24.6 Å². The van der Waals surface area contributed by atoms with E-state index in [2.05, 4.69) is 48.3 Å². The van der Waals surface area contributed by atoms with Crippen LogP contribution in [0.3, 0.4) is 0 Å². The fourth-order valence-corrected chi connectivity index (χ4v) is 1.76. The Bertz CT molecular complexity index is 347. The Hall–Kier alpha value is -1.32. The molecule has 0 unspecified atom stereocenters. The first-order chi connectivity index (χ1) is 8.06. The largest absolute Gasteiger partial charge is 0.373 e. The number of nitrogens with zero attached hydrogens (tertiary/aromatic N) is 2. The number of rotatable bonds is 6. The Balaban J connectivity index is 2.83. The molecule has 0 bridgehead atoms. The molecule has 0 aliphatic rings. The lowest BCUT2D eigenvalue weighted by atomic mass is 10.0. The molecule has 1 aromatic heterocycles. The summed E-state index contributed by atoms with van der Waals surface area (Å²) in [5.74, 6) is 2.98. The molecule has 17 heavy (non-hydrogen) atoms. The minimum absolute atomic E-state index is 0.403. The van der Waals surface area contributed by atoms with E-state index in [-0.39, 0.29) is 0 Å². The summed E-state index contributed by atoms with van der Waals surface area (Å²) in [5, 5.41) is 6.53. The van der Waals surface area contributed by atoms with Crippen LogP contribution in [0.15, 0.2) is 6.33 Å². The predicted molar refractivity (Wildman–Crippen MR) is 73.6 cm³/mol. The summed E-state index contributed by atoms with van der Waals surface area (Å²) in [4.78, 5) is 8.60. The number of hydrogen-bond acceptors (Lipinski definition) is 4. The summed E-state index contributed by atoms with van der Waals surface area (Å²) in [6.07, 6.45) is 2.76. The molecule has 2 N–H and O–H groups in total. The fraction of sp³-hybridized carbons (Fsp3) is 0.692. The Morgan fingerprint density at radius 1 is 1.12 bits per heavy atom. The van der Waals surface area contributed by atoms with Gasteiger partial charge in [-0.25, -0.2) is 9.97 Å². The van der Waals surface area contributed by atoms with Crippen molar-refractivity contribution < 1.29 is 0 Å². The monoisotopic (exact) mass is 236 g/mol. The maximum absolute atomic E-state index is 4.34. The quantitative estimate of drug-likeness (QED) is 0.797. The van der Waals surface area contributed by atoms with E-state index in [9.17, 15) is 0 Å². The first-order valence-electron chi connectivity index (χ1n) is 6.32. The highest BCUT2D eigenvalue weighted by atomic mass is 15.1. The Labute approximate surface area is 104 Å². The third kappa shape index (κ3) is 3.88. The van der Waals surface area contributed by atoms with Gasteiger partial charge in [0, 0.05) is 19.2 Å². The molecule has 1 rings (SSSR count). The zero-order valence-corrected chi connectivity index (χ0v) is 11.5. The molecule has 0 fully saturated rings. The highest BCUT2D eigenvalue weighted by Crippen LogP contribution is 2.27. The van der Waals surface area contributed by atoms with Crippen LogP contribution < -0.4 is 10.6 Å². The van der Waals surface area contributed by atoms with Crippen molar-refractivity contribution in [2.24, 2.45) is 5.92 Å². The van der Waals surface area contributed by atoms with Crippen molar-refractivity contribution in [1.29, 1.82) is 0 Å². The first kappa shape index (κ1) is 13.7. The molecule has 0 spiro atoms. The van der Waals surface area contributed by atoms with Gasteiger partial charge in [-0.3, -0.25) is 0 Å². The smallest absolute Gasteiger partial charge is 0.134 e. The highest BCUT2D eigenvalue weighted by molar-refractivity contribution is 5.58. The third-order valence-corrected chi connectivity index (χ3v) is 2.71. The lowest BCUT2D eigenvalue weighted by Crippen LogP contribution is -2.11. The maximum atomic E-state index is 4.34. The molecule has 4 heteroatoms. The molecule has 0 aliphatic carbocycles. The van der Waals surface area contributed by atoms with Gasteiger partial charge in [0.05, 0.1) is 0 Å². The zero-order valence-electron chi connectivity index (χ0n) is 11.5. The normalized spacial score (nSPS) is 11.0. The summed E-state index contributed by atoms with van der Waals surface area (Å²) in [5.41, 5.74) is 1.17. The highest BCUT2D eigenvalue weighted by Gasteiger charge is 2.13. The van der Waals surface area contributed by atoms with Gasteiger partial charge in [0.15, 0.2) is 0 Å². The van der Waals surface area contributed by atoms with E-state index in [0.29, 0.717) is 11.8 Å². The number of nitrogens with one attached hydrogen (secondary N) is 2. The van der Waals surface area contributed by atoms with Crippen LogP contribution in [0, 0.1) is 5.92 Å². The molecule has 0 radical (unpaired) electrons. The van der Waals surface area contributed by atoms with E-state index in [1.807, 2.05) is 7.05 Å². The summed E-state index contributed by atoms with van der Waals surface area (Å²) in [7, 11) is 1.89. The predicted octanol–water partition coefficient (Wildman–Crippen LogP) is 3.10. The van der Waals surface area contributed by atoms with Gasteiger partial charge in [-0.15, -0.1) is 0 Å². The van der Waals surface area contributed by atoms with Crippen LogP contribution in [0.25, 0.3) is 0 Å². The minimum Gasteiger partial charge on any atom is -0.373 e. The van der Waals surface area contributed by atoms with Crippen LogP contribution >= 0.6 is 0 Å². The van der Waals surface area contributed by atoms with Crippen LogP contribution in [0.4, 0.5) is 11.6 Å². The Morgan fingerprint density at radius 2 is 1.76 bits per heavy atom. The molecule has 0 saturated carbocycles. The van der Waals surface area contributed by atoms with Gasteiger partial charge in [0.2, 0.25) is 0 Å². The molecular weight excluding hydrogens is 212 g/mol. The first-order valence-corrected chi connectivity index (χ1v) is 6.32. The van der Waals surface area contributed by atoms with Gasteiger partial charge < -0.3 is 10.6 Å². The van der Waals surface area contributed by atoms with Crippen LogP contribution in [0.1, 0.15) is 45.6 Å². The van der Waals surface area contributed by atoms with Gasteiger partial charge in [-0.05, 0) is 18.3 Å². The van der Waals surface area contributed by atoms with Crippen molar-refractivity contribution in [3.8, 4) is 0 Å². The van der Waals surface area contributed by atoms with E-state index in [4.69, 9.17) is 0 Å². The number of hydrogen-bond donors (Lipinski definition) is 2. The van der Waals surface area contributed by atoms with Crippen molar-refractivity contribution in [3.63, 3.8) is 0 Å². The molecule has 0 aromatic carbocycles. The lowest BCUT2D eigenvalue weighted by molar-refractivity contribution is 0.606. The average molecular weight is 236 g/mol. The van der Waals surface area contributed by atoms with Crippen LogP contribution in [-0.4, -0.2) is 23.6 Å². The van der Waals surface area contributed by atoms with Crippen molar-refractivity contribution in [1.82, 2.24) is 9.97 Å². The van der Waals surface area contributed by atoms with E-state index < -0.39 is 0 Å². The molecule has 4 nitrogen and oxygen atoms in total.